The minimum Gasteiger partial charge on any atom is -0.462 e. The van der Waals surface area contributed by atoms with E-state index in [2.05, 4.69) is 55.4 Å². The smallest absolute Gasteiger partial charge is 0.462 e. The number of aliphatic hydroxyl groups excluding tert-OH is 1. The van der Waals surface area contributed by atoms with Crippen LogP contribution in [-0.2, 0) is 65.4 Å². The molecular formula is C82H160O17P2. The summed E-state index contributed by atoms with van der Waals surface area (Å²) < 4.78 is 68.7. The lowest BCUT2D eigenvalue weighted by Gasteiger charge is -2.21. The van der Waals surface area contributed by atoms with Crippen LogP contribution in [-0.4, -0.2) is 96.7 Å². The number of carbonyl (C=O) groups is 4. The van der Waals surface area contributed by atoms with Gasteiger partial charge in [-0.05, 0) is 49.4 Å². The SMILES string of the molecule is CCC(C)CCCCCCCCCCCCCCCCCCCCC(=O)OC[C@H](COP(=O)(O)OC[C@@H](O)COP(=O)(O)OC[C@@H](COC(=O)CCCCCCCCC(C)C)OC(=O)CCCCCCCCCCCCCCC(C)C)OC(=O)CCCCCCCCCCCCCCC(C)C. The van der Waals surface area contributed by atoms with Gasteiger partial charge in [-0.25, -0.2) is 9.13 Å². The minimum atomic E-state index is -4.96. The summed E-state index contributed by atoms with van der Waals surface area (Å²) in [5.41, 5.74) is 0. The third kappa shape index (κ3) is 74.7. The van der Waals surface area contributed by atoms with Crippen LogP contribution in [0.25, 0.3) is 0 Å². The molecule has 0 bridgehead atoms. The Labute approximate surface area is 619 Å². The fourth-order valence-corrected chi connectivity index (χ4v) is 14.2. The zero-order valence-corrected chi connectivity index (χ0v) is 68.3. The molecule has 0 radical (unpaired) electrons. The zero-order valence-electron chi connectivity index (χ0n) is 66.5. The fraction of sp³-hybridized carbons (Fsp3) is 0.951. The molecule has 0 aliphatic heterocycles. The zero-order chi connectivity index (χ0) is 74.6. The Balaban J connectivity index is 5.19. The molecule has 17 nitrogen and oxygen atoms in total. The molecule has 600 valence electrons. The van der Waals surface area contributed by atoms with Crippen molar-refractivity contribution in [2.45, 2.75) is 440 Å². The highest BCUT2D eigenvalue weighted by molar-refractivity contribution is 7.47. The number of rotatable bonds is 79. The van der Waals surface area contributed by atoms with Gasteiger partial charge in [0.2, 0.25) is 0 Å². The van der Waals surface area contributed by atoms with Crippen LogP contribution in [0.5, 0.6) is 0 Å². The van der Waals surface area contributed by atoms with Crippen molar-refractivity contribution >= 4 is 39.5 Å². The number of ether oxygens (including phenoxy) is 4. The largest absolute Gasteiger partial charge is 0.472 e. The Hall–Kier alpha value is -1.94. The quantitative estimate of drug-likeness (QED) is 0.0222. The topological polar surface area (TPSA) is 237 Å². The first kappa shape index (κ1) is 99.1. The van der Waals surface area contributed by atoms with Crippen LogP contribution in [0.15, 0.2) is 0 Å². The van der Waals surface area contributed by atoms with Gasteiger partial charge in [-0.2, -0.15) is 0 Å². The van der Waals surface area contributed by atoms with Crippen molar-refractivity contribution in [3.05, 3.63) is 0 Å². The molecule has 0 aliphatic carbocycles. The van der Waals surface area contributed by atoms with Crippen molar-refractivity contribution in [3.8, 4) is 0 Å². The van der Waals surface area contributed by atoms with Gasteiger partial charge in [0.1, 0.15) is 19.3 Å². The first-order valence-corrected chi connectivity index (χ1v) is 45.2. The van der Waals surface area contributed by atoms with E-state index >= 15 is 0 Å². The predicted molar refractivity (Wildman–Crippen MR) is 414 cm³/mol. The first-order chi connectivity index (χ1) is 48.6. The van der Waals surface area contributed by atoms with Crippen molar-refractivity contribution in [1.82, 2.24) is 0 Å². The van der Waals surface area contributed by atoms with Crippen LogP contribution in [0.3, 0.4) is 0 Å². The highest BCUT2D eigenvalue weighted by atomic mass is 31.2. The van der Waals surface area contributed by atoms with Crippen LogP contribution in [0, 0.1) is 23.7 Å². The lowest BCUT2D eigenvalue weighted by Crippen LogP contribution is -2.30. The summed E-state index contributed by atoms with van der Waals surface area (Å²) >= 11 is 0. The van der Waals surface area contributed by atoms with Crippen molar-refractivity contribution in [2.24, 2.45) is 23.7 Å². The summed E-state index contributed by atoms with van der Waals surface area (Å²) in [6.07, 6.45) is 58.5. The van der Waals surface area contributed by atoms with Gasteiger partial charge in [0.25, 0.3) is 0 Å². The summed E-state index contributed by atoms with van der Waals surface area (Å²) in [5, 5.41) is 10.6. The maximum atomic E-state index is 13.1. The third-order valence-electron chi connectivity index (χ3n) is 19.4. The van der Waals surface area contributed by atoms with E-state index in [1.807, 2.05) is 0 Å². The second-order valence-electron chi connectivity index (χ2n) is 31.2. The first-order valence-electron chi connectivity index (χ1n) is 42.2. The Kier molecular flexibility index (Phi) is 69.6. The van der Waals surface area contributed by atoms with Crippen LogP contribution in [0.2, 0.25) is 0 Å². The van der Waals surface area contributed by atoms with Crippen molar-refractivity contribution < 1.29 is 80.2 Å². The summed E-state index contributed by atoms with van der Waals surface area (Å²) in [6.45, 7) is 14.2. The Morgan fingerprint density at radius 3 is 0.703 bits per heavy atom. The van der Waals surface area contributed by atoms with Gasteiger partial charge in [0.05, 0.1) is 26.4 Å². The monoisotopic (exact) mass is 1480 g/mol. The Morgan fingerprint density at radius 2 is 0.475 bits per heavy atom. The van der Waals surface area contributed by atoms with Gasteiger partial charge in [-0.15, -0.1) is 0 Å². The van der Waals surface area contributed by atoms with Crippen LogP contribution >= 0.6 is 15.6 Å². The van der Waals surface area contributed by atoms with E-state index in [1.54, 1.807) is 0 Å². The van der Waals surface area contributed by atoms with E-state index in [9.17, 15) is 43.2 Å². The molecular weight excluding hydrogens is 1320 g/mol. The summed E-state index contributed by atoms with van der Waals surface area (Å²) in [4.78, 5) is 73.0. The van der Waals surface area contributed by atoms with Gasteiger partial charge >= 0.3 is 39.5 Å². The molecule has 0 aromatic rings. The molecule has 3 unspecified atom stereocenters. The highest BCUT2D eigenvalue weighted by Gasteiger charge is 2.30. The average molecular weight is 1480 g/mol. The lowest BCUT2D eigenvalue weighted by atomic mass is 9.99. The Bertz CT molecular complexity index is 1970. The molecule has 3 N–H and O–H groups in total. The summed E-state index contributed by atoms with van der Waals surface area (Å²) in [6, 6.07) is 0. The normalized spacial score (nSPS) is 14.3. The maximum absolute atomic E-state index is 13.1. The molecule has 19 heteroatoms. The molecule has 0 saturated heterocycles. The van der Waals surface area contributed by atoms with E-state index in [0.29, 0.717) is 31.6 Å². The summed E-state index contributed by atoms with van der Waals surface area (Å²) in [5.74, 6) is 0.991. The average Bonchev–Trinajstić information content (AvgIpc) is 0.919. The summed E-state index contributed by atoms with van der Waals surface area (Å²) in [7, 11) is -9.92. The number of unbranched alkanes of at least 4 members (excludes halogenated alkanes) is 44. The molecule has 0 spiro atoms. The predicted octanol–water partition coefficient (Wildman–Crippen LogP) is 24.4. The highest BCUT2D eigenvalue weighted by Crippen LogP contribution is 2.45. The number of hydrogen-bond acceptors (Lipinski definition) is 15. The number of hydrogen-bond donors (Lipinski definition) is 3. The Morgan fingerprint density at radius 1 is 0.277 bits per heavy atom. The molecule has 6 atom stereocenters. The molecule has 0 saturated carbocycles. The van der Waals surface area contributed by atoms with E-state index in [1.165, 1.54) is 218 Å². The fourth-order valence-electron chi connectivity index (χ4n) is 12.6. The molecule has 0 amide bonds. The molecule has 0 aromatic carbocycles. The van der Waals surface area contributed by atoms with Gasteiger partial charge in [0, 0.05) is 25.7 Å². The molecule has 0 aromatic heterocycles. The second-order valence-corrected chi connectivity index (χ2v) is 34.1. The van der Waals surface area contributed by atoms with E-state index in [4.69, 9.17) is 37.0 Å². The molecule has 0 aliphatic rings. The molecule has 101 heavy (non-hydrogen) atoms. The van der Waals surface area contributed by atoms with E-state index < -0.39 is 97.5 Å². The van der Waals surface area contributed by atoms with Gasteiger partial charge in [-0.1, -0.05) is 370 Å². The maximum Gasteiger partial charge on any atom is 0.472 e. The standard InChI is InChI=1S/C82H160O17P2/c1-9-75(8)61-53-45-36-30-24-16-14-12-10-11-13-15-17-25-31-37-46-54-62-79(84)92-68-77(98-81(86)64-56-48-38-32-26-20-18-22-28-34-42-50-58-72(2)3)70-96-100(88,89)94-66-76(83)67-95-101(90,91)97-71-78(69-93-80(85)63-55-47-41-40-44-52-60-74(6)7)99-82(87)65-57-49-39-33-27-21-19-23-29-35-43-51-59-73(4)5/h72-78,83H,9-71H2,1-8H3,(H,88,89)(H,90,91)/t75?,76-,77-,78-/m1/s1. The minimum absolute atomic E-state index is 0.106. The van der Waals surface area contributed by atoms with Gasteiger partial charge in [0.15, 0.2) is 12.2 Å². The van der Waals surface area contributed by atoms with E-state index in [0.717, 1.165) is 114 Å². The number of aliphatic hydroxyl groups is 1. The molecule has 0 rings (SSSR count). The number of phosphoric acid groups is 2. The van der Waals surface area contributed by atoms with Gasteiger partial charge in [-0.3, -0.25) is 37.3 Å². The lowest BCUT2D eigenvalue weighted by molar-refractivity contribution is -0.161. The van der Waals surface area contributed by atoms with Crippen molar-refractivity contribution in [3.63, 3.8) is 0 Å². The molecule has 0 fully saturated rings. The second kappa shape index (κ2) is 71.0. The van der Waals surface area contributed by atoms with Crippen LogP contribution < -0.4 is 0 Å². The number of carbonyl (C=O) groups excluding carboxylic acids is 4. The van der Waals surface area contributed by atoms with Crippen LogP contribution in [0.4, 0.5) is 0 Å². The third-order valence-corrected chi connectivity index (χ3v) is 21.3. The van der Waals surface area contributed by atoms with Crippen molar-refractivity contribution in [1.29, 1.82) is 0 Å². The van der Waals surface area contributed by atoms with Gasteiger partial charge < -0.3 is 33.8 Å². The molecule has 0 heterocycles. The number of esters is 4. The van der Waals surface area contributed by atoms with E-state index in [-0.39, 0.29) is 25.7 Å². The number of phosphoric ester groups is 2. The van der Waals surface area contributed by atoms with Crippen LogP contribution in [0.1, 0.15) is 421 Å². The van der Waals surface area contributed by atoms with Crippen molar-refractivity contribution in [2.75, 3.05) is 39.6 Å².